The number of carbonyl (C=O) groups excluding carboxylic acids is 2. The number of allylic oxidation sites excluding steroid dienone is 1. The molecule has 0 unspecified atom stereocenters. The Bertz CT molecular complexity index is 2010. The Balaban J connectivity index is 1.44. The topological polar surface area (TPSA) is 37.4 Å². The molecule has 0 radical (unpaired) electrons. The van der Waals surface area contributed by atoms with Crippen molar-refractivity contribution in [1.29, 1.82) is 0 Å². The second-order valence-corrected chi connectivity index (χ2v) is 14.7. The highest BCUT2D eigenvalue weighted by Gasteiger charge is 2.46. The van der Waals surface area contributed by atoms with E-state index in [1.807, 2.05) is 6.07 Å². The van der Waals surface area contributed by atoms with Gasteiger partial charge in [0.2, 0.25) is 0 Å². The first-order chi connectivity index (χ1) is 21.2. The minimum Gasteiger partial charge on any atom is -0.309 e. The van der Waals surface area contributed by atoms with E-state index in [2.05, 4.69) is 115 Å². The van der Waals surface area contributed by atoms with Crippen molar-refractivity contribution >= 4 is 46.9 Å². The average Bonchev–Trinajstić information content (AvgIpc) is 3.23. The van der Waals surface area contributed by atoms with E-state index in [0.717, 1.165) is 27.9 Å². The van der Waals surface area contributed by atoms with Crippen molar-refractivity contribution in [3.63, 3.8) is 0 Å². The molecule has 2 aliphatic heterocycles. The van der Waals surface area contributed by atoms with Crippen LogP contribution >= 0.6 is 0 Å². The van der Waals surface area contributed by atoms with Crippen LogP contribution in [0, 0.1) is 0 Å². The minimum absolute atomic E-state index is 0.0266. The zero-order valence-corrected chi connectivity index (χ0v) is 27.3. The van der Waals surface area contributed by atoms with Gasteiger partial charge in [0.25, 0.3) is 0 Å². The molecule has 4 aromatic rings. The van der Waals surface area contributed by atoms with E-state index < -0.39 is 0 Å². The van der Waals surface area contributed by atoms with E-state index in [1.165, 1.54) is 33.6 Å². The van der Waals surface area contributed by atoms with Crippen molar-refractivity contribution < 1.29 is 9.59 Å². The number of rotatable bonds is 3. The molecule has 0 atom stereocenters. The Hall–Kier alpha value is -4.76. The maximum atomic E-state index is 13.6. The quantitative estimate of drug-likeness (QED) is 0.176. The Labute approximate surface area is 266 Å². The van der Waals surface area contributed by atoms with E-state index in [4.69, 9.17) is 0 Å². The lowest BCUT2D eigenvalue weighted by atomic mass is 9.64. The monoisotopic (exact) mass is 589 g/mol. The number of Topliss-reactive ketones (excluding diaryl/α,β-unsaturated/α-hetero) is 2. The van der Waals surface area contributed by atoms with E-state index in [9.17, 15) is 9.59 Å². The molecule has 0 saturated heterocycles. The third-order valence-corrected chi connectivity index (χ3v) is 10.3. The molecule has 0 saturated carbocycles. The Morgan fingerprint density at radius 3 is 1.76 bits per heavy atom. The summed E-state index contributed by atoms with van der Waals surface area (Å²) < 4.78 is 0. The molecule has 0 aromatic heterocycles. The number of carbonyl (C=O) groups is 2. The van der Waals surface area contributed by atoms with Crippen LogP contribution in [-0.4, -0.2) is 11.6 Å². The summed E-state index contributed by atoms with van der Waals surface area (Å²) in [6, 6.07) is 23.4. The standard InChI is InChI=1S/C42H39NO2/c1-10-25-20-28-29(21-26(25)11-2)39(45)30(38(28)44)18-24-16-17-36-32(19-24)42(8,9)34-23-27(40(3,4)5)22-33-37(34)43(36)35-15-13-12-14-31(35)41(33,6)7/h10-23H,1-2H2,3-9H3. The van der Waals surface area contributed by atoms with Gasteiger partial charge in [-0.05, 0) is 86.3 Å². The fraction of sp³-hybridized carbons (Fsp3) is 0.238. The van der Waals surface area contributed by atoms with Gasteiger partial charge in [-0.15, -0.1) is 0 Å². The molecular weight excluding hydrogens is 550 g/mol. The van der Waals surface area contributed by atoms with Gasteiger partial charge in [-0.1, -0.05) is 110 Å². The molecular formula is C42H39NO2. The van der Waals surface area contributed by atoms with Crippen LogP contribution in [0.5, 0.6) is 0 Å². The van der Waals surface area contributed by atoms with Crippen LogP contribution in [0.3, 0.4) is 0 Å². The van der Waals surface area contributed by atoms with Crippen LogP contribution in [0.2, 0.25) is 0 Å². The van der Waals surface area contributed by atoms with Gasteiger partial charge in [0.15, 0.2) is 11.6 Å². The van der Waals surface area contributed by atoms with E-state index in [0.29, 0.717) is 11.1 Å². The molecule has 0 bridgehead atoms. The van der Waals surface area contributed by atoms with Crippen LogP contribution in [0.4, 0.5) is 17.1 Å². The minimum atomic E-state index is -0.335. The number of hydrogen-bond donors (Lipinski definition) is 0. The summed E-state index contributed by atoms with van der Waals surface area (Å²) in [6.07, 6.45) is 5.15. The SMILES string of the molecule is C=Cc1cc2c(cc1C=C)C(=O)C(=Cc1ccc3c(c1)C(C)(C)c1cc(C(C)(C)C)cc4c1N3c1ccccc1C4(C)C)C2=O. The second-order valence-electron chi connectivity index (χ2n) is 14.7. The molecule has 0 spiro atoms. The summed E-state index contributed by atoms with van der Waals surface area (Å²) in [4.78, 5) is 29.6. The van der Waals surface area contributed by atoms with Gasteiger partial charge in [-0.2, -0.15) is 0 Å². The lowest BCUT2D eigenvalue weighted by Crippen LogP contribution is -2.38. The zero-order valence-electron chi connectivity index (χ0n) is 27.3. The number of fused-ring (bicyclic) bond motifs is 5. The molecule has 45 heavy (non-hydrogen) atoms. The van der Waals surface area contributed by atoms with Crippen LogP contribution in [0.1, 0.15) is 114 Å². The van der Waals surface area contributed by atoms with Crippen molar-refractivity contribution in [2.24, 2.45) is 0 Å². The van der Waals surface area contributed by atoms with Crippen molar-refractivity contribution in [3.05, 3.63) is 141 Å². The maximum absolute atomic E-state index is 13.6. The maximum Gasteiger partial charge on any atom is 0.197 e. The molecule has 1 aliphatic carbocycles. The predicted octanol–water partition coefficient (Wildman–Crippen LogP) is 10.5. The third-order valence-electron chi connectivity index (χ3n) is 10.3. The molecule has 0 N–H and O–H groups in total. The van der Waals surface area contributed by atoms with Crippen LogP contribution in [0.25, 0.3) is 18.2 Å². The van der Waals surface area contributed by atoms with Gasteiger partial charge in [-0.3, -0.25) is 9.59 Å². The lowest BCUT2D eigenvalue weighted by Gasteiger charge is -2.50. The van der Waals surface area contributed by atoms with Crippen LogP contribution < -0.4 is 4.90 Å². The number of para-hydroxylation sites is 1. The third kappa shape index (κ3) is 3.96. The number of ketones is 2. The van der Waals surface area contributed by atoms with Crippen molar-refractivity contribution in [2.75, 3.05) is 4.90 Å². The summed E-state index contributed by atoms with van der Waals surface area (Å²) in [5.74, 6) is -0.495. The smallest absolute Gasteiger partial charge is 0.197 e. The Morgan fingerprint density at radius 2 is 1.20 bits per heavy atom. The highest BCUT2D eigenvalue weighted by atomic mass is 16.2. The van der Waals surface area contributed by atoms with Gasteiger partial charge >= 0.3 is 0 Å². The van der Waals surface area contributed by atoms with E-state index in [-0.39, 0.29) is 33.4 Å². The lowest BCUT2D eigenvalue weighted by molar-refractivity contribution is 0.0990. The molecule has 4 aromatic carbocycles. The molecule has 0 fully saturated rings. The number of hydrogen-bond acceptors (Lipinski definition) is 3. The van der Waals surface area contributed by atoms with Gasteiger partial charge < -0.3 is 4.90 Å². The molecule has 0 amide bonds. The van der Waals surface area contributed by atoms with E-state index in [1.54, 1.807) is 30.4 Å². The molecule has 3 heteroatoms. The van der Waals surface area contributed by atoms with Crippen molar-refractivity contribution in [3.8, 4) is 0 Å². The summed E-state index contributed by atoms with van der Waals surface area (Å²) >= 11 is 0. The van der Waals surface area contributed by atoms with Crippen molar-refractivity contribution in [2.45, 2.75) is 64.7 Å². The molecule has 3 nitrogen and oxygen atoms in total. The normalized spacial score (nSPS) is 16.9. The Kier molecular flexibility index (Phi) is 6.04. The molecule has 3 aliphatic rings. The summed E-state index contributed by atoms with van der Waals surface area (Å²) in [5.41, 5.74) is 12.9. The zero-order chi connectivity index (χ0) is 32.2. The predicted molar refractivity (Wildman–Crippen MR) is 187 cm³/mol. The number of anilines is 3. The molecule has 2 heterocycles. The van der Waals surface area contributed by atoms with Crippen molar-refractivity contribution in [1.82, 2.24) is 0 Å². The fourth-order valence-electron chi connectivity index (χ4n) is 7.51. The first kappa shape index (κ1) is 29.0. The van der Waals surface area contributed by atoms with E-state index >= 15 is 0 Å². The summed E-state index contributed by atoms with van der Waals surface area (Å²) in [6.45, 7) is 23.8. The molecule has 224 valence electrons. The fourth-order valence-corrected chi connectivity index (χ4v) is 7.51. The summed E-state index contributed by atoms with van der Waals surface area (Å²) in [5, 5.41) is 0. The largest absolute Gasteiger partial charge is 0.309 e. The van der Waals surface area contributed by atoms with Gasteiger partial charge in [0.05, 0.1) is 22.6 Å². The number of benzene rings is 4. The van der Waals surface area contributed by atoms with Gasteiger partial charge in [0, 0.05) is 22.0 Å². The highest BCUT2D eigenvalue weighted by molar-refractivity contribution is 6.41. The first-order valence-electron chi connectivity index (χ1n) is 15.7. The average molecular weight is 590 g/mol. The van der Waals surface area contributed by atoms with Crippen LogP contribution in [0.15, 0.2) is 85.5 Å². The van der Waals surface area contributed by atoms with Gasteiger partial charge in [-0.25, -0.2) is 0 Å². The molecule has 7 rings (SSSR count). The Morgan fingerprint density at radius 1 is 0.667 bits per heavy atom. The van der Waals surface area contributed by atoms with Crippen LogP contribution in [-0.2, 0) is 16.2 Å². The second kappa shape index (κ2) is 9.37. The number of nitrogens with zero attached hydrogens (tertiary/aromatic N) is 1. The van der Waals surface area contributed by atoms with Gasteiger partial charge in [0.1, 0.15) is 0 Å². The summed E-state index contributed by atoms with van der Waals surface area (Å²) in [7, 11) is 0. The first-order valence-corrected chi connectivity index (χ1v) is 15.7. The highest BCUT2D eigenvalue weighted by Crippen LogP contribution is 2.60.